The van der Waals surface area contributed by atoms with Crippen molar-refractivity contribution in [2.75, 3.05) is 18.5 Å². The molecule has 3 rings (SSSR count). The molecule has 0 amide bonds. The Morgan fingerprint density at radius 2 is 2.25 bits per heavy atom. The number of hydrogen-bond donors (Lipinski definition) is 2. The van der Waals surface area contributed by atoms with Crippen LogP contribution in [0.4, 0.5) is 5.82 Å². The minimum Gasteiger partial charge on any atom is -0.480 e. The highest BCUT2D eigenvalue weighted by atomic mass is 16.5. The Balaban J connectivity index is 2.00. The molecule has 1 saturated heterocycles. The first kappa shape index (κ1) is 12.9. The quantitative estimate of drug-likeness (QED) is 0.872. The second kappa shape index (κ2) is 4.75. The molecule has 0 unspecified atom stereocenters. The van der Waals surface area contributed by atoms with Gasteiger partial charge >= 0.3 is 5.97 Å². The summed E-state index contributed by atoms with van der Waals surface area (Å²) in [4.78, 5) is 15.9. The van der Waals surface area contributed by atoms with Crippen LogP contribution in [0.15, 0.2) is 18.5 Å². The third kappa shape index (κ3) is 2.09. The normalized spacial score (nSPS) is 18.1. The summed E-state index contributed by atoms with van der Waals surface area (Å²) in [6.07, 6.45) is 4.18. The van der Waals surface area contributed by atoms with E-state index in [1.54, 1.807) is 16.9 Å². The van der Waals surface area contributed by atoms with Crippen LogP contribution < -0.4 is 5.32 Å². The van der Waals surface area contributed by atoms with Gasteiger partial charge in [0.1, 0.15) is 11.1 Å². The van der Waals surface area contributed by atoms with E-state index in [1.807, 2.05) is 13.0 Å². The van der Waals surface area contributed by atoms with Gasteiger partial charge in [-0.15, -0.1) is 0 Å². The molecule has 1 fully saturated rings. The Kier molecular flexibility index (Phi) is 3.06. The van der Waals surface area contributed by atoms with E-state index in [0.717, 1.165) is 11.2 Å². The van der Waals surface area contributed by atoms with E-state index < -0.39 is 11.5 Å². The molecular weight excluding hydrogens is 260 g/mol. The van der Waals surface area contributed by atoms with Gasteiger partial charge in [0.05, 0.1) is 5.69 Å². The fraction of sp³-hybridized carbons (Fsp3) is 0.462. The van der Waals surface area contributed by atoms with Crippen LogP contribution in [0, 0.1) is 6.92 Å². The van der Waals surface area contributed by atoms with Gasteiger partial charge in [-0.25, -0.2) is 14.3 Å². The topological polar surface area (TPSA) is 88.8 Å². The van der Waals surface area contributed by atoms with E-state index >= 15 is 0 Å². The number of nitrogens with zero attached hydrogens (tertiary/aromatic N) is 3. The summed E-state index contributed by atoms with van der Waals surface area (Å²) in [6, 6.07) is 1.88. The number of fused-ring (bicyclic) bond motifs is 1. The largest absolute Gasteiger partial charge is 0.480 e. The van der Waals surface area contributed by atoms with Crippen LogP contribution in [0.2, 0.25) is 0 Å². The van der Waals surface area contributed by atoms with Crippen molar-refractivity contribution in [2.45, 2.75) is 25.3 Å². The number of rotatable bonds is 3. The molecule has 1 aliphatic rings. The summed E-state index contributed by atoms with van der Waals surface area (Å²) in [5, 5.41) is 17.0. The van der Waals surface area contributed by atoms with E-state index in [1.165, 1.54) is 0 Å². The fourth-order valence-electron chi connectivity index (χ4n) is 2.48. The molecule has 0 spiro atoms. The molecule has 2 N–H and O–H groups in total. The lowest BCUT2D eigenvalue weighted by atomic mass is 9.90. The Bertz CT molecular complexity index is 646. The number of aromatic nitrogens is 3. The lowest BCUT2D eigenvalue weighted by molar-refractivity contribution is -0.145. The molecule has 2 aromatic rings. The summed E-state index contributed by atoms with van der Waals surface area (Å²) in [5.74, 6) is -0.335. The highest BCUT2D eigenvalue weighted by Crippen LogP contribution is 2.27. The molecule has 2 aromatic heterocycles. The van der Waals surface area contributed by atoms with Crippen LogP contribution >= 0.6 is 0 Å². The molecule has 7 nitrogen and oxygen atoms in total. The monoisotopic (exact) mass is 276 g/mol. The van der Waals surface area contributed by atoms with Gasteiger partial charge in [0, 0.05) is 38.4 Å². The number of aliphatic carboxylic acids is 1. The van der Waals surface area contributed by atoms with Gasteiger partial charge in [0.2, 0.25) is 0 Å². The first-order chi connectivity index (χ1) is 9.61. The van der Waals surface area contributed by atoms with Gasteiger partial charge in [-0.05, 0) is 13.0 Å². The summed E-state index contributed by atoms with van der Waals surface area (Å²) in [5.41, 5.74) is 0.611. The zero-order valence-electron chi connectivity index (χ0n) is 11.2. The standard InChI is InChI=1S/C13H16N4O3/c1-9-8-10-11(14-4-5-17(10)16-9)15-13(12(18)19)2-6-20-7-3-13/h4-5,8H,2-3,6-7H2,1H3,(H,14,15)(H,18,19). The smallest absolute Gasteiger partial charge is 0.329 e. The third-order valence-electron chi connectivity index (χ3n) is 3.63. The van der Waals surface area contributed by atoms with Crippen molar-refractivity contribution in [2.24, 2.45) is 0 Å². The average Bonchev–Trinajstić information content (AvgIpc) is 2.81. The van der Waals surface area contributed by atoms with Crippen LogP contribution in [0.25, 0.3) is 5.52 Å². The van der Waals surface area contributed by atoms with E-state index in [2.05, 4.69) is 15.4 Å². The Labute approximate surface area is 115 Å². The zero-order valence-corrected chi connectivity index (χ0v) is 11.2. The van der Waals surface area contributed by atoms with Gasteiger partial charge in [-0.1, -0.05) is 0 Å². The minimum absolute atomic E-state index is 0.415. The Morgan fingerprint density at radius 1 is 1.50 bits per heavy atom. The number of carboxylic acid groups (broad SMARTS) is 1. The molecule has 0 atom stereocenters. The van der Waals surface area contributed by atoms with Crippen molar-refractivity contribution >= 4 is 17.3 Å². The fourth-order valence-corrected chi connectivity index (χ4v) is 2.48. The van der Waals surface area contributed by atoms with Gasteiger partial charge in [-0.2, -0.15) is 5.10 Å². The summed E-state index contributed by atoms with van der Waals surface area (Å²) < 4.78 is 6.96. The van der Waals surface area contributed by atoms with E-state index in [9.17, 15) is 9.90 Å². The lowest BCUT2D eigenvalue weighted by Gasteiger charge is -2.34. The number of hydrogen-bond acceptors (Lipinski definition) is 5. The van der Waals surface area contributed by atoms with Crippen LogP contribution in [0.3, 0.4) is 0 Å². The van der Waals surface area contributed by atoms with Crippen LogP contribution in [0.1, 0.15) is 18.5 Å². The lowest BCUT2D eigenvalue weighted by Crippen LogP contribution is -2.50. The molecule has 3 heterocycles. The number of anilines is 1. The van der Waals surface area contributed by atoms with Gasteiger partial charge in [0.25, 0.3) is 0 Å². The molecule has 0 radical (unpaired) electrons. The highest BCUT2D eigenvalue weighted by Gasteiger charge is 2.40. The van der Waals surface area contributed by atoms with Crippen LogP contribution in [0.5, 0.6) is 0 Å². The van der Waals surface area contributed by atoms with Crippen LogP contribution in [-0.4, -0.2) is 44.4 Å². The zero-order chi connectivity index (χ0) is 14.2. The highest BCUT2D eigenvalue weighted by molar-refractivity contribution is 5.84. The third-order valence-corrected chi connectivity index (χ3v) is 3.63. The molecular formula is C13H16N4O3. The predicted molar refractivity (Wildman–Crippen MR) is 71.8 cm³/mol. The summed E-state index contributed by atoms with van der Waals surface area (Å²) in [6.45, 7) is 2.75. The van der Waals surface area contributed by atoms with Crippen LogP contribution in [-0.2, 0) is 9.53 Å². The average molecular weight is 276 g/mol. The minimum atomic E-state index is -1.02. The first-order valence-electron chi connectivity index (χ1n) is 6.51. The number of aryl methyl sites for hydroxylation is 1. The molecule has 0 aliphatic carbocycles. The number of carboxylic acids is 1. The first-order valence-corrected chi connectivity index (χ1v) is 6.51. The van der Waals surface area contributed by atoms with Crippen molar-refractivity contribution in [3.8, 4) is 0 Å². The maximum absolute atomic E-state index is 11.7. The van der Waals surface area contributed by atoms with Gasteiger partial charge in [-0.3, -0.25) is 0 Å². The number of ether oxygens (including phenoxy) is 1. The molecule has 0 bridgehead atoms. The predicted octanol–water partition coefficient (Wildman–Crippen LogP) is 1.08. The Hall–Kier alpha value is -2.15. The van der Waals surface area contributed by atoms with Crippen molar-refractivity contribution < 1.29 is 14.6 Å². The van der Waals surface area contributed by atoms with Crippen molar-refractivity contribution in [1.29, 1.82) is 0 Å². The molecule has 7 heteroatoms. The Morgan fingerprint density at radius 3 is 2.95 bits per heavy atom. The van der Waals surface area contributed by atoms with Crippen molar-refractivity contribution in [3.05, 3.63) is 24.2 Å². The summed E-state index contributed by atoms with van der Waals surface area (Å²) >= 11 is 0. The second-order valence-corrected chi connectivity index (χ2v) is 5.02. The van der Waals surface area contributed by atoms with Gasteiger partial charge < -0.3 is 15.2 Å². The van der Waals surface area contributed by atoms with Gasteiger partial charge in [0.15, 0.2) is 5.82 Å². The molecule has 0 saturated carbocycles. The molecule has 0 aromatic carbocycles. The number of carbonyl (C=O) groups is 1. The summed E-state index contributed by atoms with van der Waals surface area (Å²) in [7, 11) is 0. The van der Waals surface area contributed by atoms with E-state index in [4.69, 9.17) is 4.74 Å². The van der Waals surface area contributed by atoms with E-state index in [0.29, 0.717) is 31.9 Å². The van der Waals surface area contributed by atoms with Crippen molar-refractivity contribution in [1.82, 2.24) is 14.6 Å². The maximum atomic E-state index is 11.7. The molecule has 20 heavy (non-hydrogen) atoms. The second-order valence-electron chi connectivity index (χ2n) is 5.02. The number of nitrogens with one attached hydrogen (secondary N) is 1. The van der Waals surface area contributed by atoms with Crippen molar-refractivity contribution in [3.63, 3.8) is 0 Å². The molecule has 1 aliphatic heterocycles. The maximum Gasteiger partial charge on any atom is 0.329 e. The molecule has 106 valence electrons. The van der Waals surface area contributed by atoms with E-state index in [-0.39, 0.29) is 0 Å². The SMILES string of the molecule is Cc1cc2c(NC3(C(=O)O)CCOCC3)nccn2n1.